The molecule has 20 heavy (non-hydrogen) atoms. The summed E-state index contributed by atoms with van der Waals surface area (Å²) < 4.78 is 5.33. The highest BCUT2D eigenvalue weighted by atomic mass is 79.9. The number of amides is 1. The molecular formula is C13H14BrNO5. The second-order valence-corrected chi connectivity index (χ2v) is 4.99. The third-order valence-corrected chi connectivity index (χ3v) is 2.86. The minimum atomic E-state index is -1.15. The topological polar surface area (TPSA) is 92.7 Å². The SMILES string of the molecule is CC(=O)OCC(=O)N[C@H](Cc1cccc(Br)c1)C(=O)O. The molecule has 0 saturated heterocycles. The van der Waals surface area contributed by atoms with Gasteiger partial charge >= 0.3 is 11.9 Å². The van der Waals surface area contributed by atoms with E-state index in [2.05, 4.69) is 26.0 Å². The Morgan fingerprint density at radius 1 is 1.40 bits per heavy atom. The van der Waals surface area contributed by atoms with Gasteiger partial charge in [-0.15, -0.1) is 0 Å². The quantitative estimate of drug-likeness (QED) is 0.755. The van der Waals surface area contributed by atoms with E-state index in [-0.39, 0.29) is 6.42 Å². The van der Waals surface area contributed by atoms with Crippen molar-refractivity contribution in [1.82, 2.24) is 5.32 Å². The average molecular weight is 344 g/mol. The van der Waals surface area contributed by atoms with Crippen molar-refractivity contribution in [2.75, 3.05) is 6.61 Å². The lowest BCUT2D eigenvalue weighted by molar-refractivity contribution is -0.148. The molecule has 1 atom stereocenters. The van der Waals surface area contributed by atoms with Gasteiger partial charge in [0.25, 0.3) is 5.91 Å². The summed E-state index contributed by atoms with van der Waals surface area (Å²) in [6.45, 7) is 0.682. The molecule has 0 unspecified atom stereocenters. The van der Waals surface area contributed by atoms with Crippen LogP contribution in [0, 0.1) is 0 Å². The summed E-state index contributed by atoms with van der Waals surface area (Å²) in [4.78, 5) is 33.2. The van der Waals surface area contributed by atoms with Gasteiger partial charge < -0.3 is 15.2 Å². The smallest absolute Gasteiger partial charge is 0.326 e. The number of halogens is 1. The number of esters is 1. The molecule has 0 bridgehead atoms. The zero-order chi connectivity index (χ0) is 15.1. The van der Waals surface area contributed by atoms with Gasteiger partial charge in [0, 0.05) is 17.8 Å². The van der Waals surface area contributed by atoms with Crippen molar-refractivity contribution in [3.05, 3.63) is 34.3 Å². The molecule has 0 heterocycles. The second-order valence-electron chi connectivity index (χ2n) is 4.07. The van der Waals surface area contributed by atoms with Gasteiger partial charge in [0.15, 0.2) is 6.61 Å². The Bertz CT molecular complexity index is 517. The molecular weight excluding hydrogens is 330 g/mol. The Balaban J connectivity index is 2.63. The number of hydrogen-bond donors (Lipinski definition) is 2. The zero-order valence-corrected chi connectivity index (χ0v) is 12.3. The standard InChI is InChI=1S/C13H14BrNO5/c1-8(16)20-7-12(17)15-11(13(18)19)6-9-3-2-4-10(14)5-9/h2-5,11H,6-7H2,1H3,(H,15,17)(H,18,19)/t11-/m1/s1. The van der Waals surface area contributed by atoms with Crippen LogP contribution in [0.15, 0.2) is 28.7 Å². The summed E-state index contributed by atoms with van der Waals surface area (Å²) in [5, 5.41) is 11.4. The zero-order valence-electron chi connectivity index (χ0n) is 10.8. The van der Waals surface area contributed by atoms with Crippen molar-refractivity contribution < 1.29 is 24.2 Å². The van der Waals surface area contributed by atoms with E-state index in [0.717, 1.165) is 10.0 Å². The van der Waals surface area contributed by atoms with Gasteiger partial charge in [0.1, 0.15) is 6.04 Å². The predicted octanol–water partition coefficient (Wildman–Crippen LogP) is 1.12. The Morgan fingerprint density at radius 2 is 2.10 bits per heavy atom. The molecule has 0 radical (unpaired) electrons. The van der Waals surface area contributed by atoms with Crippen LogP contribution in [0.3, 0.4) is 0 Å². The predicted molar refractivity (Wildman–Crippen MR) is 74.0 cm³/mol. The Hall–Kier alpha value is -1.89. The number of benzene rings is 1. The van der Waals surface area contributed by atoms with Crippen molar-refractivity contribution in [3.63, 3.8) is 0 Å². The minimum Gasteiger partial charge on any atom is -0.480 e. The van der Waals surface area contributed by atoms with Crippen LogP contribution in [-0.2, 0) is 25.5 Å². The Morgan fingerprint density at radius 3 is 2.65 bits per heavy atom. The van der Waals surface area contributed by atoms with E-state index < -0.39 is 30.5 Å². The van der Waals surface area contributed by atoms with Gasteiger partial charge in [-0.2, -0.15) is 0 Å². The molecule has 1 aromatic carbocycles. The van der Waals surface area contributed by atoms with Crippen molar-refractivity contribution in [2.45, 2.75) is 19.4 Å². The molecule has 1 amide bonds. The van der Waals surface area contributed by atoms with Crippen LogP contribution in [0.4, 0.5) is 0 Å². The first-order valence-electron chi connectivity index (χ1n) is 5.78. The molecule has 1 rings (SSSR count). The molecule has 0 spiro atoms. The van der Waals surface area contributed by atoms with E-state index in [0.29, 0.717) is 0 Å². The fourth-order valence-corrected chi connectivity index (χ4v) is 1.95. The van der Waals surface area contributed by atoms with E-state index in [9.17, 15) is 14.4 Å². The number of rotatable bonds is 6. The first-order valence-corrected chi connectivity index (χ1v) is 6.57. The van der Waals surface area contributed by atoms with E-state index in [1.165, 1.54) is 6.92 Å². The fraction of sp³-hybridized carbons (Fsp3) is 0.308. The maximum atomic E-state index is 11.5. The van der Waals surface area contributed by atoms with Crippen LogP contribution >= 0.6 is 15.9 Å². The molecule has 2 N–H and O–H groups in total. The summed E-state index contributed by atoms with van der Waals surface area (Å²) in [5.41, 5.74) is 0.763. The lowest BCUT2D eigenvalue weighted by Gasteiger charge is -2.14. The lowest BCUT2D eigenvalue weighted by Crippen LogP contribution is -2.44. The highest BCUT2D eigenvalue weighted by Gasteiger charge is 2.20. The van der Waals surface area contributed by atoms with Gasteiger partial charge in [-0.25, -0.2) is 4.79 Å². The Labute approximate surface area is 124 Å². The molecule has 0 aliphatic carbocycles. The van der Waals surface area contributed by atoms with Crippen molar-refractivity contribution in [3.8, 4) is 0 Å². The van der Waals surface area contributed by atoms with Crippen LogP contribution in [0.2, 0.25) is 0 Å². The molecule has 0 aromatic heterocycles. The molecule has 0 aliphatic heterocycles. The van der Waals surface area contributed by atoms with Gasteiger partial charge in [0.05, 0.1) is 0 Å². The number of carboxylic acids is 1. The number of nitrogens with one attached hydrogen (secondary N) is 1. The molecule has 108 valence electrons. The third kappa shape index (κ3) is 5.83. The highest BCUT2D eigenvalue weighted by Crippen LogP contribution is 2.13. The fourth-order valence-electron chi connectivity index (χ4n) is 1.50. The maximum Gasteiger partial charge on any atom is 0.326 e. The lowest BCUT2D eigenvalue weighted by atomic mass is 10.1. The number of hydrogen-bond acceptors (Lipinski definition) is 4. The first kappa shape index (κ1) is 16.2. The number of ether oxygens (including phenoxy) is 1. The highest BCUT2D eigenvalue weighted by molar-refractivity contribution is 9.10. The number of aliphatic carboxylic acids is 1. The van der Waals surface area contributed by atoms with Gasteiger partial charge in [-0.3, -0.25) is 9.59 Å². The summed E-state index contributed by atoms with van der Waals surface area (Å²) in [6, 6.07) is 6.05. The van der Waals surface area contributed by atoms with Crippen molar-refractivity contribution in [1.29, 1.82) is 0 Å². The van der Waals surface area contributed by atoms with E-state index in [1.807, 2.05) is 6.07 Å². The Kier molecular flexibility index (Phi) is 6.17. The molecule has 0 aliphatic rings. The van der Waals surface area contributed by atoms with Gasteiger partial charge in [-0.1, -0.05) is 28.1 Å². The van der Waals surface area contributed by atoms with Crippen LogP contribution < -0.4 is 5.32 Å². The summed E-state index contributed by atoms with van der Waals surface area (Å²) >= 11 is 3.29. The summed E-state index contributed by atoms with van der Waals surface area (Å²) in [6.07, 6.45) is 0.139. The molecule has 7 heteroatoms. The number of carbonyl (C=O) groups excluding carboxylic acids is 2. The van der Waals surface area contributed by atoms with E-state index >= 15 is 0 Å². The minimum absolute atomic E-state index is 0.139. The first-order chi connectivity index (χ1) is 9.38. The monoisotopic (exact) mass is 343 g/mol. The van der Waals surface area contributed by atoms with Crippen LogP contribution in [0.5, 0.6) is 0 Å². The van der Waals surface area contributed by atoms with Crippen LogP contribution in [-0.4, -0.2) is 35.6 Å². The van der Waals surface area contributed by atoms with Crippen LogP contribution in [0.25, 0.3) is 0 Å². The second kappa shape index (κ2) is 7.64. The number of carboxylic acid groups (broad SMARTS) is 1. The van der Waals surface area contributed by atoms with E-state index in [1.54, 1.807) is 18.2 Å². The summed E-state index contributed by atoms with van der Waals surface area (Å²) in [5.74, 6) is -2.40. The van der Waals surface area contributed by atoms with E-state index in [4.69, 9.17) is 5.11 Å². The molecule has 0 fully saturated rings. The van der Waals surface area contributed by atoms with Crippen LogP contribution in [0.1, 0.15) is 12.5 Å². The van der Waals surface area contributed by atoms with Crippen molar-refractivity contribution in [2.24, 2.45) is 0 Å². The molecule has 0 saturated carbocycles. The van der Waals surface area contributed by atoms with Gasteiger partial charge in [0.2, 0.25) is 0 Å². The number of carbonyl (C=O) groups is 3. The van der Waals surface area contributed by atoms with Gasteiger partial charge in [-0.05, 0) is 17.7 Å². The van der Waals surface area contributed by atoms with Crippen molar-refractivity contribution >= 4 is 33.8 Å². The molecule has 6 nitrogen and oxygen atoms in total. The average Bonchev–Trinajstić information content (AvgIpc) is 2.35. The largest absolute Gasteiger partial charge is 0.480 e. The third-order valence-electron chi connectivity index (χ3n) is 2.37. The molecule has 1 aromatic rings. The summed E-state index contributed by atoms with van der Waals surface area (Å²) in [7, 11) is 0. The normalized spacial score (nSPS) is 11.5. The maximum absolute atomic E-state index is 11.5.